The smallest absolute Gasteiger partial charge is 0.272 e. The third kappa shape index (κ3) is 3.67. The maximum atomic E-state index is 12.5. The van der Waals surface area contributed by atoms with Crippen molar-refractivity contribution in [1.29, 1.82) is 0 Å². The van der Waals surface area contributed by atoms with E-state index in [9.17, 15) is 4.79 Å². The number of rotatable bonds is 4. The lowest BCUT2D eigenvalue weighted by atomic mass is 10.1. The van der Waals surface area contributed by atoms with Gasteiger partial charge >= 0.3 is 0 Å². The molecular weight excluding hydrogens is 300 g/mol. The van der Waals surface area contributed by atoms with Gasteiger partial charge in [-0.05, 0) is 38.8 Å². The van der Waals surface area contributed by atoms with Gasteiger partial charge in [-0.25, -0.2) is 0 Å². The van der Waals surface area contributed by atoms with E-state index >= 15 is 0 Å². The van der Waals surface area contributed by atoms with Crippen LogP contribution in [0.3, 0.4) is 0 Å². The average Bonchev–Trinajstić information content (AvgIpc) is 2.87. The minimum absolute atomic E-state index is 0.0348. The Balaban J connectivity index is 1.72. The predicted molar refractivity (Wildman–Crippen MR) is 94.7 cm³/mol. The monoisotopic (exact) mass is 326 g/mol. The molecule has 1 aliphatic heterocycles. The molecule has 0 unspecified atom stereocenters. The van der Waals surface area contributed by atoms with Crippen molar-refractivity contribution < 1.29 is 4.79 Å². The van der Waals surface area contributed by atoms with E-state index in [1.807, 2.05) is 48.0 Å². The van der Waals surface area contributed by atoms with E-state index in [1.54, 1.807) is 0 Å². The van der Waals surface area contributed by atoms with E-state index < -0.39 is 0 Å². The van der Waals surface area contributed by atoms with Gasteiger partial charge in [0.2, 0.25) is 0 Å². The van der Waals surface area contributed by atoms with Gasteiger partial charge in [-0.3, -0.25) is 14.4 Å². The molecule has 5 heteroatoms. The normalized spacial score (nSPS) is 16.5. The second kappa shape index (κ2) is 7.18. The van der Waals surface area contributed by atoms with Crippen molar-refractivity contribution in [3.05, 3.63) is 53.3 Å². The Morgan fingerprint density at radius 3 is 2.62 bits per heavy atom. The number of benzene rings is 1. The summed E-state index contributed by atoms with van der Waals surface area (Å²) in [6.07, 6.45) is 1.06. The topological polar surface area (TPSA) is 50.2 Å². The van der Waals surface area contributed by atoms with Crippen LogP contribution in [-0.2, 0) is 13.1 Å². The molecule has 0 saturated heterocycles. The van der Waals surface area contributed by atoms with Crippen LogP contribution < -0.4 is 5.32 Å². The molecule has 0 spiro atoms. The summed E-state index contributed by atoms with van der Waals surface area (Å²) >= 11 is 0. The zero-order chi connectivity index (χ0) is 17.1. The van der Waals surface area contributed by atoms with Crippen LogP contribution in [0, 0.1) is 0 Å². The van der Waals surface area contributed by atoms with Crippen LogP contribution in [-0.4, -0.2) is 33.2 Å². The average molecular weight is 326 g/mol. The fraction of sp³-hybridized carbons (Fsp3) is 0.474. The van der Waals surface area contributed by atoms with Gasteiger partial charge < -0.3 is 5.32 Å². The third-order valence-corrected chi connectivity index (χ3v) is 4.65. The number of aromatic nitrogens is 2. The standard InChI is InChI=1S/C19H26N4O/c1-14(2)22-10-7-11-23-17(13-22)12-18(21-23)19(24)20-15(3)16-8-5-4-6-9-16/h4-6,8-9,12,14-15H,7,10-11,13H2,1-3H3,(H,20,24)/t15-/m1/s1. The highest BCUT2D eigenvalue weighted by molar-refractivity contribution is 5.92. The summed E-state index contributed by atoms with van der Waals surface area (Å²) in [6, 6.07) is 12.4. The van der Waals surface area contributed by atoms with Crippen LogP contribution in [0.2, 0.25) is 0 Å². The van der Waals surface area contributed by atoms with Crippen molar-refractivity contribution in [3.8, 4) is 0 Å². The first-order valence-corrected chi connectivity index (χ1v) is 8.71. The highest BCUT2D eigenvalue weighted by Crippen LogP contribution is 2.17. The molecule has 0 radical (unpaired) electrons. The Morgan fingerprint density at radius 2 is 1.92 bits per heavy atom. The number of aryl methyl sites for hydroxylation is 1. The molecule has 1 amide bonds. The van der Waals surface area contributed by atoms with E-state index in [0.29, 0.717) is 11.7 Å². The fourth-order valence-electron chi connectivity index (χ4n) is 3.13. The zero-order valence-electron chi connectivity index (χ0n) is 14.7. The summed E-state index contributed by atoms with van der Waals surface area (Å²) in [5.74, 6) is -0.108. The van der Waals surface area contributed by atoms with Gasteiger partial charge in [0.25, 0.3) is 5.91 Å². The molecule has 1 aromatic heterocycles. The molecular formula is C19H26N4O. The van der Waals surface area contributed by atoms with Gasteiger partial charge in [0, 0.05) is 25.7 Å². The molecule has 1 aromatic carbocycles. The number of carbonyl (C=O) groups excluding carboxylic acids is 1. The first-order chi connectivity index (χ1) is 11.5. The van der Waals surface area contributed by atoms with Crippen LogP contribution in [0.4, 0.5) is 0 Å². The molecule has 5 nitrogen and oxygen atoms in total. The Morgan fingerprint density at radius 1 is 1.17 bits per heavy atom. The van der Waals surface area contributed by atoms with Crippen molar-refractivity contribution in [2.75, 3.05) is 6.54 Å². The lowest BCUT2D eigenvalue weighted by Gasteiger charge is -2.23. The maximum Gasteiger partial charge on any atom is 0.272 e. The third-order valence-electron chi connectivity index (χ3n) is 4.65. The van der Waals surface area contributed by atoms with Gasteiger partial charge in [0.1, 0.15) is 0 Å². The number of carbonyl (C=O) groups is 1. The van der Waals surface area contributed by atoms with Gasteiger partial charge in [-0.1, -0.05) is 30.3 Å². The maximum absolute atomic E-state index is 12.5. The van der Waals surface area contributed by atoms with E-state index in [1.165, 1.54) is 0 Å². The lowest BCUT2D eigenvalue weighted by molar-refractivity contribution is 0.0934. The highest BCUT2D eigenvalue weighted by atomic mass is 16.2. The molecule has 3 rings (SSSR count). The number of amides is 1. The van der Waals surface area contributed by atoms with E-state index in [-0.39, 0.29) is 11.9 Å². The Kier molecular flexibility index (Phi) is 5.00. The van der Waals surface area contributed by atoms with Crippen molar-refractivity contribution >= 4 is 5.91 Å². The largest absolute Gasteiger partial charge is 0.344 e. The minimum atomic E-state index is -0.108. The second-order valence-electron chi connectivity index (χ2n) is 6.77. The van der Waals surface area contributed by atoms with Crippen LogP contribution in [0.25, 0.3) is 0 Å². The van der Waals surface area contributed by atoms with Gasteiger partial charge in [-0.15, -0.1) is 0 Å². The van der Waals surface area contributed by atoms with Crippen LogP contribution in [0.5, 0.6) is 0 Å². The fourth-order valence-corrected chi connectivity index (χ4v) is 3.13. The molecule has 0 fully saturated rings. The van der Waals surface area contributed by atoms with Gasteiger partial charge in [0.05, 0.1) is 11.7 Å². The first kappa shape index (κ1) is 16.7. The SMILES string of the molecule is CC(C)N1CCCn2nc(C(=O)N[C@H](C)c3ccccc3)cc2C1. The summed E-state index contributed by atoms with van der Waals surface area (Å²) in [4.78, 5) is 15.0. The minimum Gasteiger partial charge on any atom is -0.344 e. The molecule has 1 N–H and O–H groups in total. The highest BCUT2D eigenvalue weighted by Gasteiger charge is 2.21. The summed E-state index contributed by atoms with van der Waals surface area (Å²) in [7, 11) is 0. The number of hydrogen-bond acceptors (Lipinski definition) is 3. The van der Waals surface area contributed by atoms with Crippen LogP contribution in [0.1, 0.15) is 55.0 Å². The number of nitrogens with zero attached hydrogens (tertiary/aromatic N) is 3. The van der Waals surface area contributed by atoms with Crippen LogP contribution in [0.15, 0.2) is 36.4 Å². The Labute approximate surface area is 143 Å². The lowest BCUT2D eigenvalue weighted by Crippen LogP contribution is -2.30. The summed E-state index contributed by atoms with van der Waals surface area (Å²) in [6.45, 7) is 9.22. The summed E-state index contributed by atoms with van der Waals surface area (Å²) < 4.78 is 1.99. The Bertz CT molecular complexity index is 693. The molecule has 2 heterocycles. The first-order valence-electron chi connectivity index (χ1n) is 8.71. The number of hydrogen-bond donors (Lipinski definition) is 1. The second-order valence-corrected chi connectivity index (χ2v) is 6.77. The van der Waals surface area contributed by atoms with E-state index in [2.05, 4.69) is 29.2 Å². The Hall–Kier alpha value is -2.14. The molecule has 0 bridgehead atoms. The van der Waals surface area contributed by atoms with Crippen molar-refractivity contribution in [1.82, 2.24) is 20.0 Å². The number of fused-ring (bicyclic) bond motifs is 1. The predicted octanol–water partition coefficient (Wildman–Crippen LogP) is 2.99. The number of nitrogens with one attached hydrogen (secondary N) is 1. The zero-order valence-corrected chi connectivity index (χ0v) is 14.7. The quantitative estimate of drug-likeness (QED) is 0.940. The molecule has 24 heavy (non-hydrogen) atoms. The summed E-state index contributed by atoms with van der Waals surface area (Å²) in [5.41, 5.74) is 2.73. The molecule has 0 saturated carbocycles. The van der Waals surface area contributed by atoms with E-state index in [4.69, 9.17) is 0 Å². The van der Waals surface area contributed by atoms with Crippen molar-refractivity contribution in [3.63, 3.8) is 0 Å². The van der Waals surface area contributed by atoms with Gasteiger partial charge in [0.15, 0.2) is 5.69 Å². The molecule has 0 aliphatic carbocycles. The molecule has 1 atom stereocenters. The van der Waals surface area contributed by atoms with Gasteiger partial charge in [-0.2, -0.15) is 5.10 Å². The molecule has 128 valence electrons. The van der Waals surface area contributed by atoms with Crippen molar-refractivity contribution in [2.45, 2.75) is 52.4 Å². The summed E-state index contributed by atoms with van der Waals surface area (Å²) in [5, 5.41) is 7.57. The molecule has 2 aromatic rings. The van der Waals surface area contributed by atoms with Crippen LogP contribution >= 0.6 is 0 Å². The van der Waals surface area contributed by atoms with E-state index in [0.717, 1.165) is 37.3 Å². The van der Waals surface area contributed by atoms with Crippen molar-refractivity contribution in [2.24, 2.45) is 0 Å². The molecule has 1 aliphatic rings.